The van der Waals surface area contributed by atoms with Gasteiger partial charge < -0.3 is 9.29 Å². The molecule has 6 nitrogen and oxygen atoms in total. The van der Waals surface area contributed by atoms with Crippen molar-refractivity contribution in [3.05, 3.63) is 29.3 Å². The fourth-order valence-electron chi connectivity index (χ4n) is 1.59. The standard InChI is InChI=1S/C12H11F3O6S/c1-7(4-11(17)18)8-2-3-10(9(5-8)6-16)21-22(19,20)12(13,14)15/h2-3,5-7H,4H2,1H3,(H,17,18). The van der Waals surface area contributed by atoms with Crippen molar-refractivity contribution >= 4 is 22.4 Å². The van der Waals surface area contributed by atoms with Gasteiger partial charge in [-0.3, -0.25) is 9.59 Å². The lowest BCUT2D eigenvalue weighted by molar-refractivity contribution is -0.137. The summed E-state index contributed by atoms with van der Waals surface area (Å²) >= 11 is 0. The minimum absolute atomic E-state index is 0.123. The van der Waals surface area contributed by atoms with Crippen LogP contribution in [0, 0.1) is 0 Å². The molecule has 0 radical (unpaired) electrons. The van der Waals surface area contributed by atoms with Crippen LogP contribution >= 0.6 is 0 Å². The van der Waals surface area contributed by atoms with Gasteiger partial charge in [0.05, 0.1) is 12.0 Å². The summed E-state index contributed by atoms with van der Waals surface area (Å²) in [6.07, 6.45) is -0.141. The summed E-state index contributed by atoms with van der Waals surface area (Å²) in [6.45, 7) is 1.53. The highest BCUT2D eigenvalue weighted by molar-refractivity contribution is 7.88. The van der Waals surface area contributed by atoms with Gasteiger partial charge in [-0.2, -0.15) is 21.6 Å². The van der Waals surface area contributed by atoms with Gasteiger partial charge in [0.15, 0.2) is 12.0 Å². The first-order valence-corrected chi connectivity index (χ1v) is 7.20. The molecule has 0 bridgehead atoms. The molecule has 0 aromatic heterocycles. The number of hydrogen-bond donors (Lipinski definition) is 1. The summed E-state index contributed by atoms with van der Waals surface area (Å²) in [5.41, 5.74) is -5.70. The van der Waals surface area contributed by atoms with Crippen molar-refractivity contribution in [1.82, 2.24) is 0 Å². The molecule has 22 heavy (non-hydrogen) atoms. The first-order valence-electron chi connectivity index (χ1n) is 5.79. The molecule has 0 spiro atoms. The van der Waals surface area contributed by atoms with Crippen LogP contribution in [0.5, 0.6) is 5.75 Å². The van der Waals surface area contributed by atoms with E-state index in [2.05, 4.69) is 4.18 Å². The molecule has 1 N–H and O–H groups in total. The molecular formula is C12H11F3O6S. The highest BCUT2D eigenvalue weighted by atomic mass is 32.2. The van der Waals surface area contributed by atoms with E-state index in [1.807, 2.05) is 0 Å². The zero-order valence-corrected chi connectivity index (χ0v) is 11.9. The van der Waals surface area contributed by atoms with Crippen LogP contribution in [-0.2, 0) is 14.9 Å². The Morgan fingerprint density at radius 3 is 2.45 bits per heavy atom. The van der Waals surface area contributed by atoms with Gasteiger partial charge in [-0.15, -0.1) is 0 Å². The maximum absolute atomic E-state index is 12.2. The van der Waals surface area contributed by atoms with Crippen LogP contribution in [-0.4, -0.2) is 31.3 Å². The maximum Gasteiger partial charge on any atom is 0.534 e. The van der Waals surface area contributed by atoms with Gasteiger partial charge in [0.1, 0.15) is 0 Å². The topological polar surface area (TPSA) is 97.7 Å². The van der Waals surface area contributed by atoms with E-state index in [0.717, 1.165) is 12.1 Å². The summed E-state index contributed by atoms with van der Waals surface area (Å²) in [6, 6.07) is 3.16. The smallest absolute Gasteiger partial charge is 0.481 e. The molecule has 10 heteroatoms. The van der Waals surface area contributed by atoms with E-state index in [4.69, 9.17) is 5.11 Å². The Bertz CT molecular complexity index is 681. The number of benzene rings is 1. The number of carboxylic acid groups (broad SMARTS) is 1. The normalized spacial score (nSPS) is 13.5. The van der Waals surface area contributed by atoms with Crippen molar-refractivity contribution in [1.29, 1.82) is 0 Å². The molecule has 0 saturated heterocycles. The van der Waals surface area contributed by atoms with Gasteiger partial charge in [0, 0.05) is 0 Å². The Labute approximate surface area is 123 Å². The second kappa shape index (κ2) is 6.34. The third-order valence-corrected chi connectivity index (χ3v) is 3.66. The van der Waals surface area contributed by atoms with Gasteiger partial charge in [-0.05, 0) is 23.6 Å². The van der Waals surface area contributed by atoms with E-state index in [-0.39, 0.29) is 12.7 Å². The lowest BCUT2D eigenvalue weighted by atomic mass is 9.96. The molecule has 122 valence electrons. The van der Waals surface area contributed by atoms with Crippen molar-refractivity contribution in [3.8, 4) is 5.75 Å². The summed E-state index contributed by atoms with van der Waals surface area (Å²) < 4.78 is 62.4. The lowest BCUT2D eigenvalue weighted by Gasteiger charge is -2.14. The Morgan fingerprint density at radius 1 is 1.41 bits per heavy atom. The highest BCUT2D eigenvalue weighted by Crippen LogP contribution is 2.30. The fraction of sp³-hybridized carbons (Fsp3) is 0.333. The van der Waals surface area contributed by atoms with Crippen molar-refractivity contribution in [3.63, 3.8) is 0 Å². The van der Waals surface area contributed by atoms with Gasteiger partial charge in [-0.25, -0.2) is 0 Å². The van der Waals surface area contributed by atoms with Crippen molar-refractivity contribution in [2.24, 2.45) is 0 Å². The van der Waals surface area contributed by atoms with Crippen LogP contribution in [0.25, 0.3) is 0 Å². The Hall–Kier alpha value is -2.10. The van der Waals surface area contributed by atoms with Crippen LogP contribution in [0.4, 0.5) is 13.2 Å². The number of aliphatic carboxylic acids is 1. The molecular weight excluding hydrogens is 329 g/mol. The van der Waals surface area contributed by atoms with Crippen molar-refractivity contribution in [2.75, 3.05) is 0 Å². The maximum atomic E-state index is 12.2. The number of carbonyl (C=O) groups excluding carboxylic acids is 1. The molecule has 0 aliphatic heterocycles. The van der Waals surface area contributed by atoms with E-state index in [0.29, 0.717) is 5.56 Å². The average molecular weight is 340 g/mol. The molecule has 0 heterocycles. The Kier molecular flexibility index (Phi) is 5.17. The molecule has 1 aromatic rings. The molecule has 0 saturated carbocycles. The number of halogens is 3. The first kappa shape index (κ1) is 18.0. The number of carbonyl (C=O) groups is 2. The second-order valence-electron chi connectivity index (χ2n) is 4.40. The number of alkyl halides is 3. The molecule has 0 amide bonds. The van der Waals surface area contributed by atoms with Gasteiger partial charge in [0.25, 0.3) is 0 Å². The second-order valence-corrected chi connectivity index (χ2v) is 5.94. The van der Waals surface area contributed by atoms with Crippen molar-refractivity contribution in [2.45, 2.75) is 24.8 Å². The first-order chi connectivity index (χ1) is 9.98. The zero-order chi connectivity index (χ0) is 17.1. The third-order valence-electron chi connectivity index (χ3n) is 2.69. The molecule has 1 rings (SSSR count). The number of aldehydes is 1. The Balaban J connectivity index is 3.15. The van der Waals surface area contributed by atoms with E-state index >= 15 is 0 Å². The summed E-state index contributed by atoms with van der Waals surface area (Å²) in [5, 5.41) is 8.67. The van der Waals surface area contributed by atoms with Crippen LogP contribution in [0.3, 0.4) is 0 Å². The van der Waals surface area contributed by atoms with E-state index in [9.17, 15) is 31.2 Å². The van der Waals surface area contributed by atoms with E-state index in [1.54, 1.807) is 0 Å². The quantitative estimate of drug-likeness (QED) is 0.485. The predicted molar refractivity (Wildman–Crippen MR) is 68.1 cm³/mol. The Morgan fingerprint density at radius 2 is 2.00 bits per heavy atom. The monoisotopic (exact) mass is 340 g/mol. The third kappa shape index (κ3) is 4.20. The minimum atomic E-state index is -5.89. The van der Waals surface area contributed by atoms with E-state index in [1.165, 1.54) is 13.0 Å². The number of hydrogen-bond acceptors (Lipinski definition) is 5. The van der Waals surface area contributed by atoms with Crippen LogP contribution in [0.15, 0.2) is 18.2 Å². The minimum Gasteiger partial charge on any atom is -0.481 e. The van der Waals surface area contributed by atoms with Crippen LogP contribution < -0.4 is 4.18 Å². The SMILES string of the molecule is CC(CC(=O)O)c1ccc(OS(=O)(=O)C(F)(F)F)c(C=O)c1. The summed E-state index contributed by atoms with van der Waals surface area (Å²) in [7, 11) is -5.89. The largest absolute Gasteiger partial charge is 0.534 e. The predicted octanol–water partition coefficient (Wildman–Crippen LogP) is 2.31. The number of rotatable bonds is 6. The van der Waals surface area contributed by atoms with Gasteiger partial charge >= 0.3 is 21.6 Å². The van der Waals surface area contributed by atoms with Gasteiger partial charge in [-0.1, -0.05) is 13.0 Å². The number of carboxylic acids is 1. The molecule has 0 aliphatic carbocycles. The molecule has 0 aliphatic rings. The molecule has 1 atom stereocenters. The van der Waals surface area contributed by atoms with Crippen molar-refractivity contribution < 1.29 is 40.5 Å². The fourth-order valence-corrected chi connectivity index (χ4v) is 2.07. The van der Waals surface area contributed by atoms with Crippen LogP contribution in [0.1, 0.15) is 35.2 Å². The summed E-state index contributed by atoms with van der Waals surface area (Å²) in [4.78, 5) is 21.5. The highest BCUT2D eigenvalue weighted by Gasteiger charge is 2.48. The molecule has 0 fully saturated rings. The lowest BCUT2D eigenvalue weighted by Crippen LogP contribution is -2.28. The van der Waals surface area contributed by atoms with Gasteiger partial charge in [0.2, 0.25) is 0 Å². The zero-order valence-electron chi connectivity index (χ0n) is 11.1. The average Bonchev–Trinajstić information content (AvgIpc) is 2.36. The molecule has 1 aromatic carbocycles. The summed E-state index contributed by atoms with van der Waals surface area (Å²) in [5.74, 6) is -2.40. The molecule has 1 unspecified atom stereocenters. The van der Waals surface area contributed by atoms with E-state index < -0.39 is 38.8 Å². The van der Waals surface area contributed by atoms with Crippen LogP contribution in [0.2, 0.25) is 0 Å².